The molecular formula is C13H21N. The van der Waals surface area contributed by atoms with Crippen LogP contribution < -0.4 is 5.73 Å². The summed E-state index contributed by atoms with van der Waals surface area (Å²) in [4.78, 5) is 0. The Labute approximate surface area is 87.3 Å². The molecule has 0 aliphatic carbocycles. The maximum Gasteiger partial charge on any atom is 0.0325 e. The molecule has 1 heteroatoms. The predicted molar refractivity (Wildman–Crippen MR) is 62.1 cm³/mol. The fourth-order valence-electron chi connectivity index (χ4n) is 1.66. The van der Waals surface area contributed by atoms with Crippen LogP contribution in [0.15, 0.2) is 24.3 Å². The van der Waals surface area contributed by atoms with E-state index in [0.29, 0.717) is 11.8 Å². The van der Waals surface area contributed by atoms with Crippen molar-refractivity contribution in [2.45, 2.75) is 33.7 Å². The van der Waals surface area contributed by atoms with Gasteiger partial charge in [-0.3, -0.25) is 0 Å². The zero-order chi connectivity index (χ0) is 10.7. The summed E-state index contributed by atoms with van der Waals surface area (Å²) in [5.74, 6) is 1.15. The molecular weight excluding hydrogens is 170 g/mol. The summed E-state index contributed by atoms with van der Waals surface area (Å²) in [6.45, 7) is 8.80. The molecule has 78 valence electrons. The average Bonchev–Trinajstić information content (AvgIpc) is 2.16. The van der Waals surface area contributed by atoms with Crippen molar-refractivity contribution in [3.05, 3.63) is 35.4 Å². The predicted octanol–water partition coefficient (Wildman–Crippen LogP) is 3.29. The summed E-state index contributed by atoms with van der Waals surface area (Å²) >= 11 is 0. The average molecular weight is 191 g/mol. The van der Waals surface area contributed by atoms with Crippen LogP contribution in [0.25, 0.3) is 0 Å². The molecule has 0 saturated heterocycles. The van der Waals surface area contributed by atoms with Gasteiger partial charge in [-0.2, -0.15) is 0 Å². The van der Waals surface area contributed by atoms with Gasteiger partial charge in [-0.15, -0.1) is 0 Å². The van der Waals surface area contributed by atoms with E-state index >= 15 is 0 Å². The number of benzene rings is 1. The molecule has 0 bridgehead atoms. The second kappa shape index (κ2) is 4.61. The van der Waals surface area contributed by atoms with Gasteiger partial charge in [0.15, 0.2) is 0 Å². The molecule has 0 fully saturated rings. The SMILES string of the molecule is Cc1ccccc1C(N)C(C)C(C)C. The van der Waals surface area contributed by atoms with Crippen molar-refractivity contribution >= 4 is 0 Å². The summed E-state index contributed by atoms with van der Waals surface area (Å²) in [7, 11) is 0. The lowest BCUT2D eigenvalue weighted by atomic mass is 9.85. The fraction of sp³-hybridized carbons (Fsp3) is 0.538. The topological polar surface area (TPSA) is 26.0 Å². The third-order valence-corrected chi connectivity index (χ3v) is 3.17. The largest absolute Gasteiger partial charge is 0.324 e. The maximum absolute atomic E-state index is 6.24. The quantitative estimate of drug-likeness (QED) is 0.779. The first-order valence-electron chi connectivity index (χ1n) is 5.35. The molecule has 1 aromatic rings. The lowest BCUT2D eigenvalue weighted by Gasteiger charge is -2.24. The molecule has 2 atom stereocenters. The first kappa shape index (κ1) is 11.3. The number of nitrogens with two attached hydrogens (primary N) is 1. The Balaban J connectivity index is 2.89. The molecule has 0 saturated carbocycles. The second-order valence-corrected chi connectivity index (χ2v) is 4.49. The Morgan fingerprint density at radius 3 is 2.14 bits per heavy atom. The monoisotopic (exact) mass is 191 g/mol. The highest BCUT2D eigenvalue weighted by Crippen LogP contribution is 2.27. The van der Waals surface area contributed by atoms with Gasteiger partial charge in [0.05, 0.1) is 0 Å². The summed E-state index contributed by atoms with van der Waals surface area (Å²) < 4.78 is 0. The van der Waals surface area contributed by atoms with Crippen LogP contribution in [0, 0.1) is 18.8 Å². The number of aryl methyl sites for hydroxylation is 1. The molecule has 0 aliphatic heterocycles. The molecule has 0 spiro atoms. The number of hydrogen-bond acceptors (Lipinski definition) is 1. The minimum Gasteiger partial charge on any atom is -0.324 e. The molecule has 1 nitrogen and oxygen atoms in total. The van der Waals surface area contributed by atoms with E-state index in [2.05, 4.69) is 52.0 Å². The van der Waals surface area contributed by atoms with Gasteiger partial charge in [0.1, 0.15) is 0 Å². The fourth-order valence-corrected chi connectivity index (χ4v) is 1.66. The molecule has 1 rings (SSSR count). The minimum absolute atomic E-state index is 0.163. The first-order valence-corrected chi connectivity index (χ1v) is 5.35. The van der Waals surface area contributed by atoms with Crippen LogP contribution in [0.5, 0.6) is 0 Å². The molecule has 2 unspecified atom stereocenters. The van der Waals surface area contributed by atoms with Crippen molar-refractivity contribution in [3.63, 3.8) is 0 Å². The Morgan fingerprint density at radius 1 is 1.07 bits per heavy atom. The van der Waals surface area contributed by atoms with Gasteiger partial charge in [-0.25, -0.2) is 0 Å². The Kier molecular flexibility index (Phi) is 3.70. The molecule has 0 aromatic heterocycles. The third kappa shape index (κ3) is 2.36. The van der Waals surface area contributed by atoms with Gasteiger partial charge in [0, 0.05) is 6.04 Å². The van der Waals surface area contributed by atoms with E-state index in [9.17, 15) is 0 Å². The van der Waals surface area contributed by atoms with Gasteiger partial charge in [0.2, 0.25) is 0 Å². The van der Waals surface area contributed by atoms with E-state index in [-0.39, 0.29) is 6.04 Å². The van der Waals surface area contributed by atoms with Crippen LogP contribution in [0.4, 0.5) is 0 Å². The summed E-state index contributed by atoms with van der Waals surface area (Å²) in [6, 6.07) is 8.55. The zero-order valence-electron chi connectivity index (χ0n) is 9.62. The Morgan fingerprint density at radius 2 is 1.64 bits per heavy atom. The van der Waals surface area contributed by atoms with Gasteiger partial charge >= 0.3 is 0 Å². The van der Waals surface area contributed by atoms with Gasteiger partial charge in [-0.1, -0.05) is 45.0 Å². The van der Waals surface area contributed by atoms with E-state index in [1.807, 2.05) is 0 Å². The highest BCUT2D eigenvalue weighted by molar-refractivity contribution is 5.28. The zero-order valence-corrected chi connectivity index (χ0v) is 9.62. The Bertz CT molecular complexity index is 291. The highest BCUT2D eigenvalue weighted by atomic mass is 14.7. The number of hydrogen-bond donors (Lipinski definition) is 1. The smallest absolute Gasteiger partial charge is 0.0325 e. The summed E-state index contributed by atoms with van der Waals surface area (Å²) in [6.07, 6.45) is 0. The molecule has 1 aromatic carbocycles. The van der Waals surface area contributed by atoms with Gasteiger partial charge in [0.25, 0.3) is 0 Å². The van der Waals surface area contributed by atoms with Crippen molar-refractivity contribution in [3.8, 4) is 0 Å². The number of rotatable bonds is 3. The molecule has 0 heterocycles. The van der Waals surface area contributed by atoms with E-state index in [1.54, 1.807) is 0 Å². The van der Waals surface area contributed by atoms with E-state index < -0.39 is 0 Å². The van der Waals surface area contributed by atoms with Crippen molar-refractivity contribution in [2.75, 3.05) is 0 Å². The van der Waals surface area contributed by atoms with Crippen LogP contribution in [-0.2, 0) is 0 Å². The van der Waals surface area contributed by atoms with Gasteiger partial charge in [-0.05, 0) is 29.9 Å². The van der Waals surface area contributed by atoms with Crippen molar-refractivity contribution < 1.29 is 0 Å². The standard InChI is InChI=1S/C13H21N/c1-9(2)11(4)13(14)12-8-6-5-7-10(12)3/h5-9,11,13H,14H2,1-4H3. The molecule has 0 amide bonds. The van der Waals surface area contributed by atoms with Crippen molar-refractivity contribution in [1.82, 2.24) is 0 Å². The second-order valence-electron chi connectivity index (χ2n) is 4.49. The van der Waals surface area contributed by atoms with E-state index in [0.717, 1.165) is 0 Å². The van der Waals surface area contributed by atoms with Crippen LogP contribution >= 0.6 is 0 Å². The molecule has 0 aliphatic rings. The Hall–Kier alpha value is -0.820. The molecule has 14 heavy (non-hydrogen) atoms. The first-order chi connectivity index (χ1) is 6.54. The summed E-state index contributed by atoms with van der Waals surface area (Å²) in [5, 5.41) is 0. The van der Waals surface area contributed by atoms with E-state index in [1.165, 1.54) is 11.1 Å². The third-order valence-electron chi connectivity index (χ3n) is 3.17. The van der Waals surface area contributed by atoms with Crippen LogP contribution in [0.2, 0.25) is 0 Å². The van der Waals surface area contributed by atoms with Crippen LogP contribution in [0.1, 0.15) is 37.9 Å². The van der Waals surface area contributed by atoms with Crippen molar-refractivity contribution in [1.29, 1.82) is 0 Å². The van der Waals surface area contributed by atoms with Crippen LogP contribution in [-0.4, -0.2) is 0 Å². The van der Waals surface area contributed by atoms with Crippen LogP contribution in [0.3, 0.4) is 0 Å². The van der Waals surface area contributed by atoms with Crippen molar-refractivity contribution in [2.24, 2.45) is 17.6 Å². The highest BCUT2D eigenvalue weighted by Gasteiger charge is 2.18. The van der Waals surface area contributed by atoms with Gasteiger partial charge < -0.3 is 5.73 Å². The lowest BCUT2D eigenvalue weighted by molar-refractivity contribution is 0.351. The summed E-state index contributed by atoms with van der Waals surface area (Å²) in [5.41, 5.74) is 8.82. The molecule has 0 radical (unpaired) electrons. The minimum atomic E-state index is 0.163. The van der Waals surface area contributed by atoms with E-state index in [4.69, 9.17) is 5.73 Å². The molecule has 2 N–H and O–H groups in total. The lowest BCUT2D eigenvalue weighted by Crippen LogP contribution is -2.23. The maximum atomic E-state index is 6.24. The normalized spacial score (nSPS) is 15.6.